The number of ether oxygens (including phenoxy) is 5. The molecule has 6 aromatic carbocycles. The molecule has 10 rings (SSSR count). The van der Waals surface area contributed by atoms with Gasteiger partial charge in [-0.2, -0.15) is 0 Å². The van der Waals surface area contributed by atoms with Gasteiger partial charge in [-0.1, -0.05) is 116 Å². The van der Waals surface area contributed by atoms with E-state index in [-0.39, 0.29) is 75.3 Å². The van der Waals surface area contributed by atoms with E-state index in [1.807, 2.05) is 72.8 Å². The molecule has 0 aliphatic heterocycles. The van der Waals surface area contributed by atoms with Gasteiger partial charge in [-0.05, 0) is 85.1 Å². The predicted octanol–water partition coefficient (Wildman–Crippen LogP) is 12.8. The number of rotatable bonds is 10. The van der Waals surface area contributed by atoms with Gasteiger partial charge in [0, 0.05) is 54.7 Å². The summed E-state index contributed by atoms with van der Waals surface area (Å²) in [6.07, 6.45) is 2.59. The highest BCUT2D eigenvalue weighted by molar-refractivity contribution is 6.35. The van der Waals surface area contributed by atoms with Crippen LogP contribution in [0.2, 0.25) is 5.02 Å². The molecular weight excluding hydrogens is 869 g/mol. The minimum absolute atomic E-state index is 0. The molecule has 0 saturated heterocycles. The highest BCUT2D eigenvalue weighted by atomic mass is 35.5. The third kappa shape index (κ3) is 11.4. The number of pyridine rings is 2. The quantitative estimate of drug-likeness (QED) is 0.107. The van der Waals surface area contributed by atoms with E-state index >= 15 is 4.39 Å². The number of methoxy groups -OCH3 is 2. The number of aromatic nitrogens is 2. The lowest BCUT2D eigenvalue weighted by Gasteiger charge is -2.15. The van der Waals surface area contributed by atoms with E-state index in [2.05, 4.69) is 9.97 Å². The monoisotopic (exact) mass is 934 g/mol. The van der Waals surface area contributed by atoms with Crippen LogP contribution < -0.4 is 23.7 Å². The maximum absolute atomic E-state index is 15.7. The zero-order valence-electron chi connectivity index (χ0n) is 48.7. The first-order valence-corrected chi connectivity index (χ1v) is 20.2. The highest BCUT2D eigenvalue weighted by Gasteiger charge is 2.20. The topological polar surface area (TPSA) is 92.2 Å². The van der Waals surface area contributed by atoms with Gasteiger partial charge in [-0.3, -0.25) is 9.97 Å². The van der Waals surface area contributed by atoms with E-state index in [9.17, 15) is 9.50 Å². The largest absolute Gasteiger partial charge is 1.00 e. The van der Waals surface area contributed by atoms with Crippen LogP contribution in [0.5, 0.6) is 40.2 Å². The molecule has 0 saturated carbocycles. The Balaban J connectivity index is 0.000000237. The van der Waals surface area contributed by atoms with Gasteiger partial charge in [0.1, 0.15) is 19.0 Å². The van der Waals surface area contributed by atoms with Crippen LogP contribution in [-0.4, -0.2) is 37.7 Å². The summed E-state index contributed by atoms with van der Waals surface area (Å²) < 4.78 is 150. The standard InChI is InChI=1S/C27H22FNO3.C17H14ClNO2.C10H9FO.CH3.BH4.H/c1-17-12-19-8-9-24(27(28)20(19)13-17)32-23-10-11-29-22-15-26(25(30-2)14-21(22)23)31-16-18-6-4-3-5-7-18;1-20-16-9-13-14(18)7-8-19-15(13)10-17(16)21-11-12-5-3-2-4-6-12;1-6-4-7-2-3-9(12)10(11)8(7)5-6;;;/h3-11,13-15H,12,16H2,1-2H3;2-10H,11H2,1H3;2-3,5,12H,4H2,1H3;1H3;1H4;/q;;;3*-1/i1D3,8D,9D,13D;;1D3,2D,3D,5D;;;1+1. The van der Waals surface area contributed by atoms with Crippen LogP contribution in [0.3, 0.4) is 0 Å². The number of phenols is 1. The molecule has 2 heterocycles. The maximum atomic E-state index is 15.7. The first-order chi connectivity index (χ1) is 36.5. The summed E-state index contributed by atoms with van der Waals surface area (Å²) >= 11 is 6.17. The van der Waals surface area contributed by atoms with E-state index in [4.69, 9.17) is 51.7 Å². The number of fused-ring (bicyclic) bond motifs is 4. The van der Waals surface area contributed by atoms with Gasteiger partial charge < -0.3 is 37.6 Å². The summed E-state index contributed by atoms with van der Waals surface area (Å²) in [7, 11) is 3.09. The van der Waals surface area contributed by atoms with Crippen molar-refractivity contribution in [1.82, 2.24) is 9.97 Å². The third-order valence-corrected chi connectivity index (χ3v) is 10.3. The van der Waals surface area contributed by atoms with E-state index in [0.717, 1.165) is 22.0 Å². The van der Waals surface area contributed by atoms with Gasteiger partial charge in [-0.15, -0.1) is 0 Å². The van der Waals surface area contributed by atoms with Crippen molar-refractivity contribution in [3.63, 3.8) is 0 Å². The number of phenolic OH excluding ortho intramolecular Hbond substituents is 1. The fourth-order valence-corrected chi connectivity index (χ4v) is 7.01. The van der Waals surface area contributed by atoms with Crippen LogP contribution in [0.4, 0.5) is 8.78 Å². The smallest absolute Gasteiger partial charge is 0.173 e. The summed E-state index contributed by atoms with van der Waals surface area (Å²) in [5, 5.41) is 11.3. The number of allylic oxidation sites excluding steroid dienone is 2. The molecule has 8 aromatic rings. The predicted molar refractivity (Wildman–Crippen MR) is 271 cm³/mol. The Labute approximate surface area is 415 Å². The van der Waals surface area contributed by atoms with E-state index in [1.54, 1.807) is 31.5 Å². The number of aromatic hydroxyl groups is 1. The molecule has 346 valence electrons. The SMILES string of the molecule is COc1cc2c(Cl)ccnc2cc1OCc1ccccc1.[2H-].[2H]C1=C(C([2H])([2H])[2H])Cc2c([2H])c([2H])c(O)c(F)c21.[2H]C1=C(C([2H])([2H])[2H])Cc2c([2H])c([2H])c(Oc3ccnc4cc(OCc5ccccc5)c(OC)cc34)c(F)c21.[BH4-].[CH3-]. The van der Waals surface area contributed by atoms with Crippen molar-refractivity contribution in [2.45, 2.75) is 39.8 Å². The average Bonchev–Trinajstić information content (AvgIpc) is 4.22. The second-order valence-electron chi connectivity index (χ2n) is 14.4. The Bertz CT molecular complexity index is 3650. The molecule has 0 radical (unpaired) electrons. The number of benzene rings is 6. The van der Waals surface area contributed by atoms with Crippen molar-refractivity contribution in [2.75, 3.05) is 14.2 Å². The lowest BCUT2D eigenvalue weighted by atomic mass is 10.1. The molecule has 12 heteroatoms. The van der Waals surface area contributed by atoms with Crippen molar-refractivity contribution in [3.8, 4) is 40.2 Å². The summed E-state index contributed by atoms with van der Waals surface area (Å²) in [5.74, 6) is -1.58. The van der Waals surface area contributed by atoms with Crippen LogP contribution in [0.1, 0.15) is 65.0 Å². The van der Waals surface area contributed by atoms with Gasteiger partial charge >= 0.3 is 0 Å². The molecule has 1 N–H and O–H groups in total. The first kappa shape index (κ1) is 34.9. The fraction of sp³-hybridized carbons (Fsp3) is 0.145. The van der Waals surface area contributed by atoms with Crippen molar-refractivity contribution >= 4 is 53.9 Å². The summed E-state index contributed by atoms with van der Waals surface area (Å²) in [5.41, 5.74) is 2.04. The third-order valence-electron chi connectivity index (χ3n) is 10.0. The Hall–Kier alpha value is -7.37. The lowest BCUT2D eigenvalue weighted by molar-refractivity contribution is 0.285. The van der Waals surface area contributed by atoms with Gasteiger partial charge in [-0.25, -0.2) is 8.78 Å². The molecule has 0 atom stereocenters. The molecular formula is C55H53BClF2N2O6-3. The van der Waals surface area contributed by atoms with Crippen LogP contribution in [0.25, 0.3) is 33.9 Å². The summed E-state index contributed by atoms with van der Waals surface area (Å²) in [6.45, 7) is -4.39. The van der Waals surface area contributed by atoms with E-state index in [0.29, 0.717) is 52.1 Å². The number of hydrogen-bond acceptors (Lipinski definition) is 8. The number of hydrogen-bond donors (Lipinski definition) is 1. The number of halogens is 3. The molecule has 0 unspecified atom stereocenters. The molecule has 2 aliphatic rings. The van der Waals surface area contributed by atoms with Gasteiger partial charge in [0.05, 0.1) is 38.5 Å². The second-order valence-corrected chi connectivity index (χ2v) is 14.8. The van der Waals surface area contributed by atoms with Crippen LogP contribution in [0, 0.1) is 19.1 Å². The van der Waals surface area contributed by atoms with Gasteiger partial charge in [0.25, 0.3) is 0 Å². The van der Waals surface area contributed by atoms with Crippen molar-refractivity contribution in [2.24, 2.45) is 0 Å². The molecule has 67 heavy (non-hydrogen) atoms. The molecule has 0 spiro atoms. The molecule has 2 aromatic heterocycles. The first-order valence-electron chi connectivity index (χ1n) is 25.9. The van der Waals surface area contributed by atoms with Crippen molar-refractivity contribution in [1.29, 1.82) is 0 Å². The lowest BCUT2D eigenvalue weighted by Crippen LogP contribution is -1.99. The summed E-state index contributed by atoms with van der Waals surface area (Å²) in [4.78, 5) is 8.66. The van der Waals surface area contributed by atoms with E-state index < -0.39 is 67.1 Å². The van der Waals surface area contributed by atoms with Crippen LogP contribution in [0.15, 0.2) is 145 Å². The molecule has 0 bridgehead atoms. The average molecular weight is 935 g/mol. The highest BCUT2D eigenvalue weighted by Crippen LogP contribution is 2.40. The molecule has 2 aliphatic carbocycles. The molecule has 0 fully saturated rings. The zero-order chi connectivity index (χ0) is 55.7. The Morgan fingerprint density at radius 3 is 1.70 bits per heavy atom. The maximum Gasteiger partial charge on any atom is 0.173 e. The Morgan fingerprint density at radius 2 is 1.15 bits per heavy atom. The summed E-state index contributed by atoms with van der Waals surface area (Å²) in [6, 6.07) is 26.7. The fourth-order valence-electron chi connectivity index (χ4n) is 6.80. The molecule has 0 amide bonds. The zero-order valence-corrected chi connectivity index (χ0v) is 36.5. The van der Waals surface area contributed by atoms with Crippen molar-refractivity contribution < 1.29 is 55.4 Å². The van der Waals surface area contributed by atoms with Crippen molar-refractivity contribution in [3.05, 3.63) is 202 Å². The minimum Gasteiger partial charge on any atom is -1.00 e. The minimum atomic E-state index is -2.61. The van der Waals surface area contributed by atoms with Crippen LogP contribution in [-0.2, 0) is 26.1 Å². The Kier molecular flexibility index (Phi) is 11.6. The van der Waals surface area contributed by atoms with E-state index in [1.165, 1.54) is 19.4 Å². The van der Waals surface area contributed by atoms with Gasteiger partial charge in [0.15, 0.2) is 46.1 Å². The normalized spacial score (nSPS) is 15.1. The second kappa shape index (κ2) is 22.2. The Morgan fingerprint density at radius 1 is 0.642 bits per heavy atom. The number of nitrogens with zero attached hydrogens (tertiary/aromatic N) is 2. The van der Waals surface area contributed by atoms with Crippen LogP contribution >= 0.6 is 11.6 Å². The van der Waals surface area contributed by atoms with Gasteiger partial charge in [0.2, 0.25) is 0 Å². The molecule has 8 nitrogen and oxygen atoms in total.